The molecule has 2 amide bonds. The van der Waals surface area contributed by atoms with E-state index in [-0.39, 0.29) is 18.2 Å². The van der Waals surface area contributed by atoms with Crippen LogP contribution in [0.4, 0.5) is 11.4 Å². The third-order valence-corrected chi connectivity index (χ3v) is 6.01. The number of carbonyl (C=O) groups is 2. The molecule has 0 aliphatic carbocycles. The number of anilines is 2. The van der Waals surface area contributed by atoms with Gasteiger partial charge in [0.1, 0.15) is 12.4 Å². The van der Waals surface area contributed by atoms with Gasteiger partial charge in [0, 0.05) is 29.7 Å². The fourth-order valence-corrected chi connectivity index (χ4v) is 3.97. The van der Waals surface area contributed by atoms with Crippen LogP contribution in [0.2, 0.25) is 5.02 Å². The summed E-state index contributed by atoms with van der Waals surface area (Å²) in [6.45, 7) is 3.01. The maximum Gasteiger partial charge on any atom is 0.243 e. The minimum absolute atomic E-state index is 0.0962. The average Bonchev–Trinajstić information content (AvgIpc) is 3.29. The summed E-state index contributed by atoms with van der Waals surface area (Å²) in [6, 6.07) is 19.9. The molecule has 0 radical (unpaired) electrons. The third-order valence-electron chi connectivity index (χ3n) is 5.76. The van der Waals surface area contributed by atoms with Crippen molar-refractivity contribution in [3.63, 3.8) is 0 Å². The van der Waals surface area contributed by atoms with Crippen LogP contribution in [0.1, 0.15) is 18.9 Å². The number of nitrogens with one attached hydrogen (secondary N) is 2. The Morgan fingerprint density at radius 1 is 1.03 bits per heavy atom. The molecule has 1 aliphatic rings. The highest BCUT2D eigenvalue weighted by Gasteiger charge is 2.35. The van der Waals surface area contributed by atoms with Crippen LogP contribution in [0.5, 0.6) is 17.2 Å². The molecule has 188 valence electrons. The zero-order valence-corrected chi connectivity index (χ0v) is 20.9. The fourth-order valence-electron chi connectivity index (χ4n) is 3.85. The van der Waals surface area contributed by atoms with E-state index in [2.05, 4.69) is 10.9 Å². The largest absolute Gasteiger partial charge is 0.497 e. The Labute approximate surface area is 215 Å². The lowest BCUT2D eigenvalue weighted by Crippen LogP contribution is -2.36. The standard InChI is InChI=1S/C27H28ClN3O5/c1-3-35-25-15-21(8-13-24(25)36-17-18-4-6-20(28)7-5-18)29-30-27(33)19-14-26(32)31(16-19)22-9-11-23(34-2)12-10-22/h4-13,15,19,29H,3,14,16-17H2,1-2H3,(H,30,33)/t19-/m0/s1. The number of rotatable bonds is 10. The number of halogens is 1. The van der Waals surface area contributed by atoms with E-state index < -0.39 is 5.92 Å². The Kier molecular flexibility index (Phi) is 8.17. The molecule has 0 bridgehead atoms. The van der Waals surface area contributed by atoms with Gasteiger partial charge in [-0.1, -0.05) is 23.7 Å². The van der Waals surface area contributed by atoms with Gasteiger partial charge in [0.15, 0.2) is 11.5 Å². The molecule has 0 aromatic heterocycles. The van der Waals surface area contributed by atoms with Crippen LogP contribution in [-0.4, -0.2) is 32.1 Å². The van der Waals surface area contributed by atoms with E-state index in [0.29, 0.717) is 47.7 Å². The van der Waals surface area contributed by atoms with Crippen molar-refractivity contribution in [1.29, 1.82) is 0 Å². The predicted molar refractivity (Wildman–Crippen MR) is 139 cm³/mol. The van der Waals surface area contributed by atoms with Gasteiger partial charge in [0.25, 0.3) is 0 Å². The summed E-state index contributed by atoms with van der Waals surface area (Å²) in [5.74, 6) is 1.01. The summed E-state index contributed by atoms with van der Waals surface area (Å²) in [6.07, 6.45) is 0.140. The van der Waals surface area contributed by atoms with Crippen molar-refractivity contribution in [2.45, 2.75) is 20.0 Å². The zero-order chi connectivity index (χ0) is 25.5. The number of carbonyl (C=O) groups excluding carboxylic acids is 2. The second-order valence-corrected chi connectivity index (χ2v) is 8.66. The van der Waals surface area contributed by atoms with E-state index >= 15 is 0 Å². The number of hydrazine groups is 1. The molecule has 1 fully saturated rings. The Hall–Kier alpha value is -3.91. The van der Waals surface area contributed by atoms with Gasteiger partial charge in [-0.3, -0.25) is 20.4 Å². The Bertz CT molecular complexity index is 1200. The Morgan fingerprint density at radius 2 is 1.78 bits per heavy atom. The van der Waals surface area contributed by atoms with Crippen molar-refractivity contribution in [2.24, 2.45) is 5.92 Å². The van der Waals surface area contributed by atoms with Gasteiger partial charge in [0.2, 0.25) is 11.8 Å². The first-order valence-corrected chi connectivity index (χ1v) is 12.0. The maximum absolute atomic E-state index is 12.8. The van der Waals surface area contributed by atoms with Crippen LogP contribution < -0.4 is 30.0 Å². The van der Waals surface area contributed by atoms with Gasteiger partial charge in [0.05, 0.1) is 25.3 Å². The minimum Gasteiger partial charge on any atom is -0.497 e. The van der Waals surface area contributed by atoms with Crippen LogP contribution in [-0.2, 0) is 16.2 Å². The number of nitrogens with zero attached hydrogens (tertiary/aromatic N) is 1. The van der Waals surface area contributed by atoms with Crippen molar-refractivity contribution in [2.75, 3.05) is 30.6 Å². The first kappa shape index (κ1) is 25.2. The summed E-state index contributed by atoms with van der Waals surface area (Å²) in [5, 5.41) is 0.668. The molecule has 36 heavy (non-hydrogen) atoms. The number of ether oxygens (including phenoxy) is 3. The first-order chi connectivity index (χ1) is 17.5. The molecule has 9 heteroatoms. The van der Waals surface area contributed by atoms with Gasteiger partial charge in [-0.2, -0.15) is 0 Å². The maximum atomic E-state index is 12.8. The van der Waals surface area contributed by atoms with E-state index in [9.17, 15) is 9.59 Å². The van der Waals surface area contributed by atoms with Crippen molar-refractivity contribution < 1.29 is 23.8 Å². The van der Waals surface area contributed by atoms with Gasteiger partial charge < -0.3 is 19.1 Å². The molecule has 1 aliphatic heterocycles. The van der Waals surface area contributed by atoms with Crippen LogP contribution >= 0.6 is 11.6 Å². The summed E-state index contributed by atoms with van der Waals surface area (Å²) in [5.41, 5.74) is 7.96. The monoisotopic (exact) mass is 509 g/mol. The third kappa shape index (κ3) is 6.20. The number of amides is 2. The molecule has 1 heterocycles. The molecule has 3 aromatic rings. The Morgan fingerprint density at radius 3 is 2.47 bits per heavy atom. The lowest BCUT2D eigenvalue weighted by Gasteiger charge is -2.18. The topological polar surface area (TPSA) is 89.1 Å². The molecule has 2 N–H and O–H groups in total. The second-order valence-electron chi connectivity index (χ2n) is 8.23. The van der Waals surface area contributed by atoms with E-state index in [1.165, 1.54) is 0 Å². The van der Waals surface area contributed by atoms with Crippen LogP contribution in [0.3, 0.4) is 0 Å². The molecule has 1 saturated heterocycles. The number of methoxy groups -OCH3 is 1. The lowest BCUT2D eigenvalue weighted by atomic mass is 10.1. The van der Waals surface area contributed by atoms with Crippen molar-refractivity contribution in [1.82, 2.24) is 5.43 Å². The zero-order valence-electron chi connectivity index (χ0n) is 20.1. The SMILES string of the molecule is CCOc1cc(NNC(=O)[C@H]2CC(=O)N(c3ccc(OC)cc3)C2)ccc1OCc1ccc(Cl)cc1. The van der Waals surface area contributed by atoms with Gasteiger partial charge in [-0.05, 0) is 61.0 Å². The molecule has 0 spiro atoms. The highest BCUT2D eigenvalue weighted by Crippen LogP contribution is 2.31. The van der Waals surface area contributed by atoms with Gasteiger partial charge >= 0.3 is 0 Å². The smallest absolute Gasteiger partial charge is 0.243 e. The summed E-state index contributed by atoms with van der Waals surface area (Å²) in [4.78, 5) is 26.9. The van der Waals surface area contributed by atoms with Crippen LogP contribution in [0.25, 0.3) is 0 Å². The summed E-state index contributed by atoms with van der Waals surface area (Å²) >= 11 is 5.94. The molecule has 1 atom stereocenters. The molecule has 3 aromatic carbocycles. The van der Waals surface area contributed by atoms with Crippen molar-refractivity contribution >= 4 is 34.8 Å². The average molecular weight is 510 g/mol. The quantitative estimate of drug-likeness (QED) is 0.381. The molecular weight excluding hydrogens is 482 g/mol. The molecule has 0 saturated carbocycles. The highest BCUT2D eigenvalue weighted by atomic mass is 35.5. The number of hydrogen-bond acceptors (Lipinski definition) is 6. The minimum atomic E-state index is -0.472. The number of hydrogen-bond donors (Lipinski definition) is 2. The molecule has 8 nitrogen and oxygen atoms in total. The van der Waals surface area contributed by atoms with Gasteiger partial charge in [-0.15, -0.1) is 0 Å². The molecular formula is C27H28ClN3O5. The second kappa shape index (κ2) is 11.7. The van der Waals surface area contributed by atoms with E-state index in [1.54, 1.807) is 54.5 Å². The van der Waals surface area contributed by atoms with E-state index in [1.807, 2.05) is 31.2 Å². The summed E-state index contributed by atoms with van der Waals surface area (Å²) in [7, 11) is 1.59. The predicted octanol–water partition coefficient (Wildman–Crippen LogP) is 4.82. The highest BCUT2D eigenvalue weighted by molar-refractivity contribution is 6.30. The van der Waals surface area contributed by atoms with Crippen LogP contribution in [0, 0.1) is 5.92 Å². The Balaban J connectivity index is 1.34. The van der Waals surface area contributed by atoms with Crippen LogP contribution in [0.15, 0.2) is 66.7 Å². The van der Waals surface area contributed by atoms with E-state index in [4.69, 9.17) is 25.8 Å². The normalized spacial score (nSPS) is 14.9. The van der Waals surface area contributed by atoms with Crippen molar-refractivity contribution in [3.8, 4) is 17.2 Å². The first-order valence-electron chi connectivity index (χ1n) is 11.6. The van der Waals surface area contributed by atoms with Crippen molar-refractivity contribution in [3.05, 3.63) is 77.3 Å². The molecule has 4 rings (SSSR count). The lowest BCUT2D eigenvalue weighted by molar-refractivity contribution is -0.125. The fraction of sp³-hybridized carbons (Fsp3) is 0.259. The molecule has 0 unspecified atom stereocenters. The number of benzene rings is 3. The summed E-state index contributed by atoms with van der Waals surface area (Å²) < 4.78 is 16.8. The van der Waals surface area contributed by atoms with E-state index in [0.717, 1.165) is 11.3 Å². The van der Waals surface area contributed by atoms with Gasteiger partial charge in [-0.25, -0.2) is 0 Å².